The van der Waals surface area contributed by atoms with E-state index in [4.69, 9.17) is 4.74 Å². The SMILES string of the molecule is COc1ccccc1[C@@H](C)CC(=O)[C@H](C#N)C(=O)NC1CCCC1. The maximum Gasteiger partial charge on any atom is 0.245 e. The number of nitrogens with one attached hydrogen (secondary N) is 1. The summed E-state index contributed by atoms with van der Waals surface area (Å²) in [5, 5.41) is 12.1. The molecule has 0 radical (unpaired) electrons. The minimum absolute atomic E-state index is 0.104. The van der Waals surface area contributed by atoms with Gasteiger partial charge in [0.1, 0.15) is 5.75 Å². The first-order valence-electron chi connectivity index (χ1n) is 8.42. The van der Waals surface area contributed by atoms with Gasteiger partial charge in [-0.15, -0.1) is 0 Å². The summed E-state index contributed by atoms with van der Waals surface area (Å²) in [6, 6.07) is 9.46. The zero-order chi connectivity index (χ0) is 17.5. The number of hydrogen-bond acceptors (Lipinski definition) is 4. The van der Waals surface area contributed by atoms with E-state index in [1.807, 2.05) is 37.3 Å². The zero-order valence-electron chi connectivity index (χ0n) is 14.2. The Morgan fingerprint density at radius 2 is 2.00 bits per heavy atom. The highest BCUT2D eigenvalue weighted by Crippen LogP contribution is 2.29. The van der Waals surface area contributed by atoms with Crippen LogP contribution in [0, 0.1) is 17.2 Å². The molecule has 2 atom stereocenters. The molecule has 0 aromatic heterocycles. The lowest BCUT2D eigenvalue weighted by molar-refractivity contribution is -0.132. The number of nitriles is 1. The highest BCUT2D eigenvalue weighted by atomic mass is 16.5. The predicted octanol–water partition coefficient (Wildman–Crippen LogP) is 2.96. The number of methoxy groups -OCH3 is 1. The Kier molecular flexibility index (Phi) is 6.36. The number of amides is 1. The lowest BCUT2D eigenvalue weighted by Gasteiger charge is -2.18. The van der Waals surface area contributed by atoms with Crippen LogP contribution in [0.3, 0.4) is 0 Å². The van der Waals surface area contributed by atoms with Gasteiger partial charge in [0, 0.05) is 12.5 Å². The Hall–Kier alpha value is -2.35. The Morgan fingerprint density at radius 3 is 2.62 bits per heavy atom. The van der Waals surface area contributed by atoms with E-state index < -0.39 is 11.8 Å². The Labute approximate surface area is 143 Å². The third-order valence-electron chi connectivity index (χ3n) is 4.59. The molecule has 1 N–H and O–H groups in total. The molecular formula is C19H24N2O3. The lowest BCUT2D eigenvalue weighted by atomic mass is 9.90. The van der Waals surface area contributed by atoms with Crippen molar-refractivity contribution in [2.45, 2.75) is 51.0 Å². The molecule has 0 heterocycles. The van der Waals surface area contributed by atoms with E-state index in [0.717, 1.165) is 31.2 Å². The molecule has 1 aromatic carbocycles. The quantitative estimate of drug-likeness (QED) is 0.780. The standard InChI is InChI=1S/C19H24N2O3/c1-13(15-9-5-6-10-18(15)24-2)11-17(22)16(12-20)19(23)21-14-7-3-4-8-14/h5-6,9-10,13-14,16H,3-4,7-8,11H2,1-2H3,(H,21,23)/t13-,16-/m0/s1. The Morgan fingerprint density at radius 1 is 1.33 bits per heavy atom. The summed E-state index contributed by atoms with van der Waals surface area (Å²) in [7, 11) is 1.58. The maximum absolute atomic E-state index is 12.4. The van der Waals surface area contributed by atoms with Crippen LogP contribution in [0.5, 0.6) is 5.75 Å². The first-order chi connectivity index (χ1) is 11.6. The number of hydrogen-bond donors (Lipinski definition) is 1. The van der Waals surface area contributed by atoms with Crippen LogP contribution in [0.2, 0.25) is 0 Å². The molecular weight excluding hydrogens is 304 g/mol. The minimum atomic E-state index is -1.23. The van der Waals surface area contributed by atoms with Gasteiger partial charge in [0.15, 0.2) is 11.7 Å². The monoisotopic (exact) mass is 328 g/mol. The fourth-order valence-electron chi connectivity index (χ4n) is 3.23. The van der Waals surface area contributed by atoms with Crippen LogP contribution in [0.15, 0.2) is 24.3 Å². The van der Waals surface area contributed by atoms with Gasteiger partial charge in [0.05, 0.1) is 13.2 Å². The fourth-order valence-corrected chi connectivity index (χ4v) is 3.23. The van der Waals surface area contributed by atoms with Crippen LogP contribution in [-0.4, -0.2) is 24.8 Å². The summed E-state index contributed by atoms with van der Waals surface area (Å²) < 4.78 is 5.32. The molecule has 1 aliphatic carbocycles. The minimum Gasteiger partial charge on any atom is -0.496 e. The molecule has 0 aliphatic heterocycles. The second-order valence-electron chi connectivity index (χ2n) is 6.37. The molecule has 5 heteroatoms. The number of benzene rings is 1. The second-order valence-corrected chi connectivity index (χ2v) is 6.37. The summed E-state index contributed by atoms with van der Waals surface area (Å²) in [5.74, 6) is -1.44. The number of para-hydroxylation sites is 1. The van der Waals surface area contributed by atoms with Gasteiger partial charge >= 0.3 is 0 Å². The van der Waals surface area contributed by atoms with E-state index in [1.54, 1.807) is 7.11 Å². The summed E-state index contributed by atoms with van der Waals surface area (Å²) in [6.45, 7) is 1.90. The van der Waals surface area contributed by atoms with Crippen LogP contribution >= 0.6 is 0 Å². The molecule has 0 unspecified atom stereocenters. The molecule has 1 saturated carbocycles. The molecule has 0 spiro atoms. The molecule has 128 valence electrons. The van der Waals surface area contributed by atoms with Gasteiger partial charge in [0.2, 0.25) is 5.91 Å². The van der Waals surface area contributed by atoms with Crippen molar-refractivity contribution in [1.82, 2.24) is 5.32 Å². The molecule has 1 aliphatic rings. The van der Waals surface area contributed by atoms with Gasteiger partial charge in [-0.1, -0.05) is 38.0 Å². The van der Waals surface area contributed by atoms with Crippen molar-refractivity contribution < 1.29 is 14.3 Å². The lowest BCUT2D eigenvalue weighted by Crippen LogP contribution is -2.40. The van der Waals surface area contributed by atoms with Crippen LogP contribution < -0.4 is 10.1 Å². The number of rotatable bonds is 7. The summed E-state index contributed by atoms with van der Waals surface area (Å²) in [4.78, 5) is 24.7. The first-order valence-corrected chi connectivity index (χ1v) is 8.42. The topological polar surface area (TPSA) is 79.2 Å². The largest absolute Gasteiger partial charge is 0.496 e. The predicted molar refractivity (Wildman–Crippen MR) is 90.5 cm³/mol. The number of ether oxygens (including phenoxy) is 1. The average molecular weight is 328 g/mol. The van der Waals surface area contributed by atoms with Crippen molar-refractivity contribution in [3.8, 4) is 11.8 Å². The van der Waals surface area contributed by atoms with Gasteiger partial charge in [-0.25, -0.2) is 0 Å². The summed E-state index contributed by atoms with van der Waals surface area (Å²) >= 11 is 0. The molecule has 0 saturated heterocycles. The van der Waals surface area contributed by atoms with E-state index in [1.165, 1.54) is 0 Å². The van der Waals surface area contributed by atoms with Crippen molar-refractivity contribution in [1.29, 1.82) is 5.26 Å². The van der Waals surface area contributed by atoms with Gasteiger partial charge < -0.3 is 10.1 Å². The number of carbonyl (C=O) groups is 2. The van der Waals surface area contributed by atoms with Gasteiger partial charge in [-0.05, 0) is 30.4 Å². The first kappa shape index (κ1) is 18.0. The van der Waals surface area contributed by atoms with E-state index in [2.05, 4.69) is 5.32 Å². The molecule has 2 rings (SSSR count). The van der Waals surface area contributed by atoms with Crippen molar-refractivity contribution in [2.75, 3.05) is 7.11 Å². The normalized spacial score (nSPS) is 16.9. The van der Waals surface area contributed by atoms with E-state index in [9.17, 15) is 14.9 Å². The van der Waals surface area contributed by atoms with Crippen LogP contribution in [0.25, 0.3) is 0 Å². The van der Waals surface area contributed by atoms with Crippen molar-refractivity contribution in [3.05, 3.63) is 29.8 Å². The van der Waals surface area contributed by atoms with Crippen molar-refractivity contribution in [2.24, 2.45) is 5.92 Å². The number of Topliss-reactive ketones (excluding diaryl/α,β-unsaturated/α-hetero) is 1. The van der Waals surface area contributed by atoms with Crippen LogP contribution in [0.1, 0.15) is 50.5 Å². The second kappa shape index (κ2) is 8.49. The van der Waals surface area contributed by atoms with Gasteiger partial charge in [-0.3, -0.25) is 9.59 Å². The third-order valence-corrected chi connectivity index (χ3v) is 4.59. The molecule has 0 bridgehead atoms. The fraction of sp³-hybridized carbons (Fsp3) is 0.526. The third kappa shape index (κ3) is 4.35. The number of nitrogens with zero attached hydrogens (tertiary/aromatic N) is 1. The van der Waals surface area contributed by atoms with Gasteiger partial charge in [-0.2, -0.15) is 5.26 Å². The highest BCUT2D eigenvalue weighted by molar-refractivity contribution is 6.04. The number of carbonyl (C=O) groups excluding carboxylic acids is 2. The van der Waals surface area contributed by atoms with Gasteiger partial charge in [0.25, 0.3) is 0 Å². The zero-order valence-corrected chi connectivity index (χ0v) is 14.2. The van der Waals surface area contributed by atoms with Crippen LogP contribution in [-0.2, 0) is 9.59 Å². The Balaban J connectivity index is 2.00. The molecule has 1 amide bonds. The molecule has 24 heavy (non-hydrogen) atoms. The average Bonchev–Trinajstić information content (AvgIpc) is 3.08. The van der Waals surface area contributed by atoms with Crippen molar-refractivity contribution >= 4 is 11.7 Å². The van der Waals surface area contributed by atoms with Crippen molar-refractivity contribution in [3.63, 3.8) is 0 Å². The molecule has 1 aromatic rings. The summed E-state index contributed by atoms with van der Waals surface area (Å²) in [6.07, 6.45) is 4.16. The molecule has 5 nitrogen and oxygen atoms in total. The van der Waals surface area contributed by atoms with Crippen LogP contribution in [0.4, 0.5) is 0 Å². The highest BCUT2D eigenvalue weighted by Gasteiger charge is 2.30. The summed E-state index contributed by atoms with van der Waals surface area (Å²) in [5.41, 5.74) is 0.904. The molecule has 1 fully saturated rings. The smallest absolute Gasteiger partial charge is 0.245 e. The Bertz CT molecular complexity index is 630. The number of ketones is 1. The van der Waals surface area contributed by atoms with E-state index in [-0.39, 0.29) is 24.2 Å². The maximum atomic E-state index is 12.4. The van der Waals surface area contributed by atoms with E-state index >= 15 is 0 Å². The van der Waals surface area contributed by atoms with E-state index in [0.29, 0.717) is 5.75 Å².